The molecule has 0 saturated carbocycles. The molecule has 14 heavy (non-hydrogen) atoms. The predicted octanol–water partition coefficient (Wildman–Crippen LogP) is 1.30. The molecule has 2 N–H and O–H groups in total. The van der Waals surface area contributed by atoms with Crippen molar-refractivity contribution in [3.63, 3.8) is 0 Å². The smallest absolute Gasteiger partial charge is 0.315 e. The molecule has 0 radical (unpaired) electrons. The Labute approximate surface area is 84.4 Å². The molecule has 2 amide bonds. The molecular formula is C10H17FN2O. The van der Waals surface area contributed by atoms with Crippen LogP contribution in [0.3, 0.4) is 0 Å². The summed E-state index contributed by atoms with van der Waals surface area (Å²) in [6, 6.07) is -0.615. The van der Waals surface area contributed by atoms with Crippen LogP contribution in [-0.2, 0) is 0 Å². The maximum Gasteiger partial charge on any atom is 0.315 e. The van der Waals surface area contributed by atoms with Gasteiger partial charge in [-0.2, -0.15) is 0 Å². The molecule has 0 spiro atoms. The number of hydrogen-bond acceptors (Lipinski definition) is 1. The van der Waals surface area contributed by atoms with Crippen molar-refractivity contribution < 1.29 is 9.18 Å². The van der Waals surface area contributed by atoms with Crippen LogP contribution in [0.4, 0.5) is 9.18 Å². The highest BCUT2D eigenvalue weighted by atomic mass is 19.1. The fourth-order valence-electron chi connectivity index (χ4n) is 0.862. The van der Waals surface area contributed by atoms with E-state index in [4.69, 9.17) is 6.42 Å². The Balaban J connectivity index is 3.75. The number of amides is 2. The molecule has 0 heterocycles. The van der Waals surface area contributed by atoms with Gasteiger partial charge < -0.3 is 10.6 Å². The number of halogens is 1. The van der Waals surface area contributed by atoms with Crippen molar-refractivity contribution in [1.29, 1.82) is 0 Å². The minimum atomic E-state index is -0.428. The maximum absolute atomic E-state index is 11.7. The number of carbonyl (C=O) groups is 1. The average molecular weight is 200 g/mol. The number of carbonyl (C=O) groups excluding carboxylic acids is 1. The van der Waals surface area contributed by atoms with E-state index in [-0.39, 0.29) is 18.0 Å². The zero-order valence-electron chi connectivity index (χ0n) is 8.64. The summed E-state index contributed by atoms with van der Waals surface area (Å²) in [5.41, 5.74) is 0. The molecule has 0 saturated heterocycles. The van der Waals surface area contributed by atoms with Crippen molar-refractivity contribution >= 4 is 6.03 Å². The van der Waals surface area contributed by atoms with Gasteiger partial charge in [0.1, 0.15) is 0 Å². The van der Waals surface area contributed by atoms with Gasteiger partial charge in [0.2, 0.25) is 0 Å². The Morgan fingerprint density at radius 2 is 2.21 bits per heavy atom. The fraction of sp³-hybridized carbons (Fsp3) is 0.700. The van der Waals surface area contributed by atoms with E-state index in [2.05, 4.69) is 16.6 Å². The molecule has 0 fully saturated rings. The molecule has 0 aliphatic heterocycles. The van der Waals surface area contributed by atoms with Crippen LogP contribution in [0.15, 0.2) is 0 Å². The molecule has 4 heteroatoms. The highest BCUT2D eigenvalue weighted by Gasteiger charge is 2.12. The van der Waals surface area contributed by atoms with Gasteiger partial charge in [-0.3, -0.25) is 4.39 Å². The average Bonchev–Trinajstić information content (AvgIpc) is 2.14. The van der Waals surface area contributed by atoms with Crippen LogP contribution in [-0.4, -0.2) is 25.3 Å². The van der Waals surface area contributed by atoms with Crippen molar-refractivity contribution in [2.24, 2.45) is 5.92 Å². The van der Waals surface area contributed by atoms with Gasteiger partial charge in [0.05, 0.1) is 12.7 Å². The van der Waals surface area contributed by atoms with Crippen molar-refractivity contribution in [3.8, 4) is 12.3 Å². The largest absolute Gasteiger partial charge is 0.338 e. The summed E-state index contributed by atoms with van der Waals surface area (Å²) in [5.74, 6) is 2.66. The molecular weight excluding hydrogens is 183 g/mol. The lowest BCUT2D eigenvalue weighted by Gasteiger charge is -2.16. The van der Waals surface area contributed by atoms with Crippen LogP contribution in [0.25, 0.3) is 0 Å². The van der Waals surface area contributed by atoms with E-state index in [1.807, 2.05) is 13.8 Å². The second-order valence-electron chi connectivity index (χ2n) is 3.33. The Morgan fingerprint density at radius 3 is 2.64 bits per heavy atom. The number of hydrogen-bond donors (Lipinski definition) is 2. The van der Waals surface area contributed by atoms with E-state index in [1.54, 1.807) is 0 Å². The Kier molecular flexibility index (Phi) is 6.55. The van der Waals surface area contributed by atoms with Crippen LogP contribution in [0.5, 0.6) is 0 Å². The Morgan fingerprint density at radius 1 is 1.57 bits per heavy atom. The quantitative estimate of drug-likeness (QED) is 0.510. The minimum absolute atomic E-state index is 0.187. The van der Waals surface area contributed by atoms with E-state index in [9.17, 15) is 9.18 Å². The van der Waals surface area contributed by atoms with Gasteiger partial charge >= 0.3 is 6.03 Å². The second-order valence-corrected chi connectivity index (χ2v) is 3.33. The van der Waals surface area contributed by atoms with Crippen molar-refractivity contribution in [3.05, 3.63) is 0 Å². The van der Waals surface area contributed by atoms with Crippen LogP contribution >= 0.6 is 0 Å². The normalized spacial score (nSPS) is 11.9. The second kappa shape index (κ2) is 7.19. The summed E-state index contributed by atoms with van der Waals surface area (Å²) < 4.78 is 11.7. The summed E-state index contributed by atoms with van der Waals surface area (Å²) >= 11 is 0. The third-order valence-corrected chi connectivity index (χ3v) is 1.73. The fourth-order valence-corrected chi connectivity index (χ4v) is 0.862. The number of urea groups is 1. The number of alkyl halides is 1. The molecule has 1 atom stereocenters. The first-order valence-electron chi connectivity index (χ1n) is 4.68. The zero-order chi connectivity index (χ0) is 11.0. The molecule has 0 unspecified atom stereocenters. The summed E-state index contributed by atoms with van der Waals surface area (Å²) in [6.45, 7) is 3.75. The van der Waals surface area contributed by atoms with E-state index in [0.29, 0.717) is 13.0 Å². The lowest BCUT2D eigenvalue weighted by molar-refractivity contribution is 0.236. The van der Waals surface area contributed by atoms with E-state index >= 15 is 0 Å². The molecule has 3 nitrogen and oxygen atoms in total. The van der Waals surface area contributed by atoms with Gasteiger partial charge in [-0.05, 0) is 12.3 Å². The Hall–Kier alpha value is -1.24. The molecule has 0 aromatic carbocycles. The van der Waals surface area contributed by atoms with Gasteiger partial charge in [-0.15, -0.1) is 6.42 Å². The highest BCUT2D eigenvalue weighted by Crippen LogP contribution is 1.98. The highest BCUT2D eigenvalue weighted by molar-refractivity contribution is 5.74. The summed E-state index contributed by atoms with van der Waals surface area (Å²) in [4.78, 5) is 11.2. The van der Waals surface area contributed by atoms with Gasteiger partial charge in [-0.1, -0.05) is 19.8 Å². The van der Waals surface area contributed by atoms with Crippen molar-refractivity contribution in [1.82, 2.24) is 10.6 Å². The summed E-state index contributed by atoms with van der Waals surface area (Å²) in [7, 11) is 0. The van der Waals surface area contributed by atoms with E-state index in [0.717, 1.165) is 0 Å². The molecule has 0 aromatic heterocycles. The zero-order valence-corrected chi connectivity index (χ0v) is 8.64. The SMILES string of the molecule is C#C[C@H](NC(=O)NCCCF)C(C)C. The molecule has 0 aromatic rings. The lowest BCUT2D eigenvalue weighted by Crippen LogP contribution is -2.44. The van der Waals surface area contributed by atoms with Gasteiger partial charge in [0.25, 0.3) is 0 Å². The molecule has 0 aliphatic rings. The third kappa shape index (κ3) is 5.41. The van der Waals surface area contributed by atoms with Crippen LogP contribution < -0.4 is 10.6 Å². The van der Waals surface area contributed by atoms with E-state index in [1.165, 1.54) is 0 Å². The molecule has 0 aliphatic carbocycles. The summed E-state index contributed by atoms with van der Waals surface area (Å²) in [6.07, 6.45) is 5.55. The van der Waals surface area contributed by atoms with Crippen LogP contribution in [0, 0.1) is 18.3 Å². The Bertz CT molecular complexity index is 211. The van der Waals surface area contributed by atoms with E-state index < -0.39 is 6.67 Å². The van der Waals surface area contributed by atoms with Gasteiger partial charge in [-0.25, -0.2) is 4.79 Å². The standard InChI is InChI=1S/C10H17FN2O/c1-4-9(8(2)3)13-10(14)12-7-5-6-11/h1,8-9H,5-7H2,2-3H3,(H2,12,13,14)/t9-/m0/s1. The first-order valence-corrected chi connectivity index (χ1v) is 4.68. The molecule has 0 bridgehead atoms. The summed E-state index contributed by atoms with van der Waals surface area (Å²) in [5, 5.41) is 5.13. The number of terminal acetylenes is 1. The van der Waals surface area contributed by atoms with Crippen LogP contribution in [0.2, 0.25) is 0 Å². The predicted molar refractivity (Wildman–Crippen MR) is 54.6 cm³/mol. The first kappa shape index (κ1) is 12.8. The van der Waals surface area contributed by atoms with Crippen LogP contribution in [0.1, 0.15) is 20.3 Å². The maximum atomic E-state index is 11.7. The minimum Gasteiger partial charge on any atom is -0.338 e. The molecule has 0 rings (SSSR count). The topological polar surface area (TPSA) is 41.1 Å². The molecule has 80 valence electrons. The van der Waals surface area contributed by atoms with Crippen molar-refractivity contribution in [2.75, 3.05) is 13.2 Å². The number of rotatable bonds is 5. The number of nitrogens with one attached hydrogen (secondary N) is 2. The monoisotopic (exact) mass is 200 g/mol. The van der Waals surface area contributed by atoms with Gasteiger partial charge in [0.15, 0.2) is 0 Å². The first-order chi connectivity index (χ1) is 6.61. The van der Waals surface area contributed by atoms with Gasteiger partial charge in [0, 0.05) is 6.54 Å². The lowest BCUT2D eigenvalue weighted by atomic mass is 10.1. The van der Waals surface area contributed by atoms with Crippen molar-refractivity contribution in [2.45, 2.75) is 26.3 Å². The third-order valence-electron chi connectivity index (χ3n) is 1.73.